The minimum atomic E-state index is -4.81. The number of ether oxygens (including phenoxy) is 1. The van der Waals surface area contributed by atoms with Crippen LogP contribution in [-0.4, -0.2) is 22.4 Å². The first kappa shape index (κ1) is 14.6. The van der Waals surface area contributed by atoms with E-state index in [9.17, 15) is 18.0 Å². The Hall–Kier alpha value is -2.77. The van der Waals surface area contributed by atoms with Crippen LogP contribution >= 0.6 is 0 Å². The van der Waals surface area contributed by atoms with E-state index in [0.717, 1.165) is 12.1 Å². The number of carbonyl (C=O) groups is 1. The first-order valence-corrected chi connectivity index (χ1v) is 5.62. The molecule has 0 aliphatic rings. The lowest BCUT2D eigenvalue weighted by atomic mass is 10.1. The first-order valence-electron chi connectivity index (χ1n) is 5.62. The minimum Gasteiger partial charge on any atom is -0.476 e. The van der Waals surface area contributed by atoms with Crippen molar-refractivity contribution in [1.29, 1.82) is 0 Å². The number of anilines is 1. The van der Waals surface area contributed by atoms with Crippen LogP contribution in [0.1, 0.15) is 10.5 Å². The summed E-state index contributed by atoms with van der Waals surface area (Å²) in [7, 11) is 0. The molecule has 5 nitrogen and oxygen atoms in total. The second kappa shape index (κ2) is 5.31. The van der Waals surface area contributed by atoms with E-state index in [2.05, 4.69) is 9.72 Å². The second-order valence-electron chi connectivity index (χ2n) is 4.02. The van der Waals surface area contributed by atoms with Gasteiger partial charge in [-0.25, -0.2) is 9.78 Å². The lowest BCUT2D eigenvalue weighted by molar-refractivity contribution is -0.274. The van der Waals surface area contributed by atoms with Crippen molar-refractivity contribution >= 4 is 11.7 Å². The summed E-state index contributed by atoms with van der Waals surface area (Å²) >= 11 is 0. The van der Waals surface area contributed by atoms with Gasteiger partial charge in [-0.3, -0.25) is 0 Å². The van der Waals surface area contributed by atoms with Crippen molar-refractivity contribution in [3.05, 3.63) is 42.1 Å². The highest BCUT2D eigenvalue weighted by Crippen LogP contribution is 2.28. The highest BCUT2D eigenvalue weighted by Gasteiger charge is 2.31. The largest absolute Gasteiger partial charge is 0.573 e. The van der Waals surface area contributed by atoms with Crippen molar-refractivity contribution in [3.63, 3.8) is 0 Å². The van der Waals surface area contributed by atoms with E-state index < -0.39 is 18.1 Å². The Bertz CT molecular complexity index is 687. The summed E-state index contributed by atoms with van der Waals surface area (Å²) in [5.74, 6) is -1.74. The van der Waals surface area contributed by atoms with Crippen molar-refractivity contribution in [1.82, 2.24) is 4.98 Å². The monoisotopic (exact) mass is 298 g/mol. The van der Waals surface area contributed by atoms with Crippen LogP contribution in [0.5, 0.6) is 5.75 Å². The molecule has 0 atom stereocenters. The Balaban J connectivity index is 2.41. The molecule has 0 aliphatic heterocycles. The van der Waals surface area contributed by atoms with Crippen molar-refractivity contribution < 1.29 is 27.8 Å². The third kappa shape index (κ3) is 3.62. The molecule has 1 aromatic heterocycles. The normalized spacial score (nSPS) is 11.2. The molecule has 0 saturated heterocycles. The van der Waals surface area contributed by atoms with Crippen LogP contribution in [-0.2, 0) is 0 Å². The predicted molar refractivity (Wildman–Crippen MR) is 67.7 cm³/mol. The lowest BCUT2D eigenvalue weighted by Crippen LogP contribution is -2.17. The second-order valence-corrected chi connectivity index (χ2v) is 4.02. The van der Waals surface area contributed by atoms with E-state index in [4.69, 9.17) is 10.8 Å². The van der Waals surface area contributed by atoms with Gasteiger partial charge < -0.3 is 15.6 Å². The van der Waals surface area contributed by atoms with E-state index in [1.807, 2.05) is 0 Å². The quantitative estimate of drug-likeness (QED) is 0.910. The molecule has 3 N–H and O–H groups in total. The van der Waals surface area contributed by atoms with E-state index in [1.54, 1.807) is 0 Å². The average molecular weight is 298 g/mol. The van der Waals surface area contributed by atoms with Gasteiger partial charge in [0, 0.05) is 5.56 Å². The molecular formula is C13H9F3N2O3. The average Bonchev–Trinajstić information content (AvgIpc) is 2.37. The van der Waals surface area contributed by atoms with Gasteiger partial charge in [0.2, 0.25) is 0 Å². The number of carboxylic acids is 1. The van der Waals surface area contributed by atoms with Gasteiger partial charge in [0.1, 0.15) is 5.75 Å². The van der Waals surface area contributed by atoms with Crippen LogP contribution in [0.2, 0.25) is 0 Å². The van der Waals surface area contributed by atoms with Crippen LogP contribution in [0.15, 0.2) is 36.4 Å². The first-order chi connectivity index (χ1) is 9.76. The summed E-state index contributed by atoms with van der Waals surface area (Å²) in [6.45, 7) is 0. The summed E-state index contributed by atoms with van der Waals surface area (Å²) in [6, 6.07) is 7.80. The third-order valence-corrected chi connectivity index (χ3v) is 2.49. The Morgan fingerprint density at radius 3 is 2.57 bits per heavy atom. The highest BCUT2D eigenvalue weighted by molar-refractivity contribution is 5.92. The molecule has 21 heavy (non-hydrogen) atoms. The maximum atomic E-state index is 12.2. The van der Waals surface area contributed by atoms with Gasteiger partial charge in [-0.15, -0.1) is 13.2 Å². The van der Waals surface area contributed by atoms with Gasteiger partial charge in [0.05, 0.1) is 11.4 Å². The number of nitrogens with zero attached hydrogens (tertiary/aromatic N) is 1. The SMILES string of the molecule is Nc1ccc(-c2cccc(OC(F)(F)F)c2)nc1C(=O)O. The van der Waals surface area contributed by atoms with Crippen LogP contribution in [0.4, 0.5) is 18.9 Å². The van der Waals surface area contributed by atoms with Crippen molar-refractivity contribution in [3.8, 4) is 17.0 Å². The predicted octanol–water partition coefficient (Wildman–Crippen LogP) is 2.93. The number of benzene rings is 1. The zero-order valence-corrected chi connectivity index (χ0v) is 10.4. The topological polar surface area (TPSA) is 85.4 Å². The maximum Gasteiger partial charge on any atom is 0.573 e. The highest BCUT2D eigenvalue weighted by atomic mass is 19.4. The van der Waals surface area contributed by atoms with Crippen molar-refractivity contribution in [2.75, 3.05) is 5.73 Å². The summed E-state index contributed by atoms with van der Waals surface area (Å²) in [5.41, 5.74) is 5.52. The number of nitrogens with two attached hydrogens (primary N) is 1. The Morgan fingerprint density at radius 1 is 1.24 bits per heavy atom. The number of pyridine rings is 1. The number of carboxylic acid groups (broad SMARTS) is 1. The molecule has 0 spiro atoms. The van der Waals surface area contributed by atoms with Crippen LogP contribution in [0.25, 0.3) is 11.3 Å². The van der Waals surface area contributed by atoms with E-state index >= 15 is 0 Å². The smallest absolute Gasteiger partial charge is 0.476 e. The molecule has 0 unspecified atom stereocenters. The molecule has 1 heterocycles. The number of nitrogen functional groups attached to an aromatic ring is 1. The van der Waals surface area contributed by atoms with Crippen LogP contribution in [0, 0.1) is 0 Å². The van der Waals surface area contributed by atoms with Gasteiger partial charge in [0.25, 0.3) is 0 Å². The fourth-order valence-corrected chi connectivity index (χ4v) is 1.65. The number of hydrogen-bond acceptors (Lipinski definition) is 4. The van der Waals surface area contributed by atoms with Crippen molar-refractivity contribution in [2.45, 2.75) is 6.36 Å². The molecule has 0 fully saturated rings. The number of halogens is 3. The van der Waals surface area contributed by atoms with Gasteiger partial charge in [0.15, 0.2) is 5.69 Å². The maximum absolute atomic E-state index is 12.2. The van der Waals surface area contributed by atoms with E-state index in [-0.39, 0.29) is 22.6 Å². The molecule has 0 radical (unpaired) electrons. The summed E-state index contributed by atoms with van der Waals surface area (Å²) in [6.07, 6.45) is -4.81. The minimum absolute atomic E-state index is 0.0334. The summed E-state index contributed by atoms with van der Waals surface area (Å²) < 4.78 is 40.3. The summed E-state index contributed by atoms with van der Waals surface area (Å²) in [4.78, 5) is 14.8. The van der Waals surface area contributed by atoms with Gasteiger partial charge in [-0.05, 0) is 24.3 Å². The lowest BCUT2D eigenvalue weighted by Gasteiger charge is -2.10. The molecule has 2 rings (SSSR count). The number of hydrogen-bond donors (Lipinski definition) is 2. The molecule has 0 aliphatic carbocycles. The van der Waals surface area contributed by atoms with Crippen molar-refractivity contribution in [2.24, 2.45) is 0 Å². The number of aromatic nitrogens is 1. The summed E-state index contributed by atoms with van der Waals surface area (Å²) in [5, 5.41) is 8.93. The van der Waals surface area contributed by atoms with Crippen LogP contribution < -0.4 is 10.5 Å². The number of alkyl halides is 3. The number of rotatable bonds is 3. The molecule has 0 saturated carbocycles. The van der Waals surface area contributed by atoms with Gasteiger partial charge in [-0.1, -0.05) is 12.1 Å². The third-order valence-electron chi connectivity index (χ3n) is 2.49. The van der Waals surface area contributed by atoms with Crippen LogP contribution in [0.3, 0.4) is 0 Å². The zero-order chi connectivity index (χ0) is 15.6. The molecule has 2 aromatic rings. The molecule has 0 bridgehead atoms. The fraction of sp³-hybridized carbons (Fsp3) is 0.0769. The Morgan fingerprint density at radius 2 is 1.95 bits per heavy atom. The molecule has 0 amide bonds. The van der Waals surface area contributed by atoms with E-state index in [1.165, 1.54) is 24.3 Å². The standard InChI is InChI=1S/C13H9F3N2O3/c14-13(15,16)21-8-3-1-2-7(6-8)10-5-4-9(17)11(18-10)12(19)20/h1-6H,17H2,(H,19,20). The molecule has 1 aromatic carbocycles. The zero-order valence-electron chi connectivity index (χ0n) is 10.4. The molecule has 8 heteroatoms. The molecular weight excluding hydrogens is 289 g/mol. The molecule has 110 valence electrons. The Kier molecular flexibility index (Phi) is 3.70. The fourth-order valence-electron chi connectivity index (χ4n) is 1.65. The van der Waals surface area contributed by atoms with Gasteiger partial charge >= 0.3 is 12.3 Å². The number of aromatic carboxylic acids is 1. The Labute approximate surface area is 116 Å². The van der Waals surface area contributed by atoms with E-state index in [0.29, 0.717) is 0 Å². The van der Waals surface area contributed by atoms with Gasteiger partial charge in [-0.2, -0.15) is 0 Å².